The molecule has 4 N–H and O–H groups in total. The third-order valence-corrected chi connectivity index (χ3v) is 8.67. The number of carbonyl (C=O) groups excluding carboxylic acids is 1. The number of carbonyl (C=O) groups is 1. The van der Waals surface area contributed by atoms with E-state index in [2.05, 4.69) is 10.1 Å². The van der Waals surface area contributed by atoms with E-state index in [1.54, 1.807) is 38.1 Å². The van der Waals surface area contributed by atoms with Crippen LogP contribution in [0, 0.1) is 0 Å². The number of aliphatic hydroxyl groups excluding tert-OH is 1. The minimum absolute atomic E-state index is 0.0192. The molecule has 0 bridgehead atoms. The molecule has 1 aromatic heterocycles. The van der Waals surface area contributed by atoms with Gasteiger partial charge in [0.05, 0.1) is 17.7 Å². The maximum Gasteiger partial charge on any atom is 0.459 e. The van der Waals surface area contributed by atoms with E-state index in [1.807, 2.05) is 18.2 Å². The zero-order valence-corrected chi connectivity index (χ0v) is 25.1. The number of hydrogen-bond acceptors (Lipinski definition) is 10. The lowest BCUT2D eigenvalue weighted by atomic mass is 10.0. The van der Waals surface area contributed by atoms with Gasteiger partial charge in [0.2, 0.25) is 0 Å². The summed E-state index contributed by atoms with van der Waals surface area (Å²) in [6.07, 6.45) is -3.05. The van der Waals surface area contributed by atoms with Crippen molar-refractivity contribution in [1.29, 1.82) is 0 Å². The van der Waals surface area contributed by atoms with Gasteiger partial charge in [-0.15, -0.1) is 11.6 Å². The smallest absolute Gasteiger partial charge is 0.459 e. The number of benzene rings is 2. The standard InChI is InChI=1S/C26H31Cl2N4O8P/c1-14(2)38-23(34)15(3)31-41(36,40-19-11-7-9-16-8-5-6-10-17(16)19)37-13-20-21(33)26(4,28)24(39-20)32-12-18(27)22(29)30-25(32)35/h5-12,14-15,20-21,24,33H,13H2,1-4H3,(H,31,36)(H2,29,30,35)/t15-,20-,21-,24-,26-,41?/m1/s1. The Morgan fingerprint density at radius 1 is 1.27 bits per heavy atom. The molecule has 0 amide bonds. The molecular formula is C26H31Cl2N4O8P. The van der Waals surface area contributed by atoms with E-state index in [-0.39, 0.29) is 16.6 Å². The van der Waals surface area contributed by atoms with E-state index in [9.17, 15) is 19.3 Å². The minimum Gasteiger partial charge on any atom is -0.462 e. The van der Waals surface area contributed by atoms with Gasteiger partial charge in [-0.3, -0.25) is 13.9 Å². The van der Waals surface area contributed by atoms with E-state index < -0.39 is 61.5 Å². The highest BCUT2D eigenvalue weighted by Gasteiger charge is 2.54. The molecule has 1 fully saturated rings. The number of fused-ring (bicyclic) bond motifs is 1. The van der Waals surface area contributed by atoms with Crippen LogP contribution >= 0.6 is 30.9 Å². The zero-order valence-electron chi connectivity index (χ0n) is 22.7. The summed E-state index contributed by atoms with van der Waals surface area (Å²) in [6.45, 7) is 5.76. The van der Waals surface area contributed by atoms with Crippen LogP contribution in [0.4, 0.5) is 5.82 Å². The Morgan fingerprint density at radius 2 is 1.95 bits per heavy atom. The normalized spacial score (nSPS) is 24.7. The van der Waals surface area contributed by atoms with Gasteiger partial charge in [0.25, 0.3) is 0 Å². The quantitative estimate of drug-likeness (QED) is 0.169. The Bertz CT molecular complexity index is 1530. The molecule has 222 valence electrons. The molecule has 2 aromatic carbocycles. The van der Waals surface area contributed by atoms with Crippen molar-refractivity contribution in [3.8, 4) is 5.75 Å². The number of anilines is 1. The Labute approximate surface area is 246 Å². The van der Waals surface area contributed by atoms with Gasteiger partial charge in [0, 0.05) is 11.6 Å². The minimum atomic E-state index is -4.34. The Kier molecular flexibility index (Phi) is 9.35. The Balaban J connectivity index is 1.60. The fourth-order valence-corrected chi connectivity index (χ4v) is 6.23. The third kappa shape index (κ3) is 6.86. The predicted octanol–water partition coefficient (Wildman–Crippen LogP) is 4.02. The lowest BCUT2D eigenvalue weighted by Gasteiger charge is -2.27. The number of nitrogens with zero attached hydrogens (tertiary/aromatic N) is 2. The molecule has 4 rings (SSSR count). The molecule has 15 heteroatoms. The second-order valence-electron chi connectivity index (χ2n) is 9.99. The van der Waals surface area contributed by atoms with Crippen molar-refractivity contribution in [2.24, 2.45) is 0 Å². The molecule has 12 nitrogen and oxygen atoms in total. The molecule has 1 saturated heterocycles. The topological polar surface area (TPSA) is 164 Å². The highest BCUT2D eigenvalue weighted by atomic mass is 35.5. The number of rotatable bonds is 10. The molecule has 3 aromatic rings. The van der Waals surface area contributed by atoms with Crippen LogP contribution in [0.2, 0.25) is 5.02 Å². The fourth-order valence-electron chi connectivity index (χ4n) is 4.27. The third-order valence-electron chi connectivity index (χ3n) is 6.34. The van der Waals surface area contributed by atoms with E-state index in [1.165, 1.54) is 20.0 Å². The number of hydrogen-bond donors (Lipinski definition) is 3. The molecule has 41 heavy (non-hydrogen) atoms. The van der Waals surface area contributed by atoms with E-state index >= 15 is 0 Å². The van der Waals surface area contributed by atoms with Gasteiger partial charge in [0.15, 0.2) is 6.23 Å². The molecule has 1 aliphatic heterocycles. The molecule has 1 aliphatic rings. The van der Waals surface area contributed by atoms with Crippen LogP contribution in [0.15, 0.2) is 53.5 Å². The predicted molar refractivity (Wildman–Crippen MR) is 154 cm³/mol. The van der Waals surface area contributed by atoms with Crippen LogP contribution < -0.4 is 21.0 Å². The number of halogens is 2. The molecular weight excluding hydrogens is 598 g/mol. The van der Waals surface area contributed by atoms with Crippen LogP contribution in [0.3, 0.4) is 0 Å². The van der Waals surface area contributed by atoms with Gasteiger partial charge >= 0.3 is 19.4 Å². The highest BCUT2D eigenvalue weighted by molar-refractivity contribution is 7.52. The van der Waals surface area contributed by atoms with Crippen LogP contribution in [0.5, 0.6) is 5.75 Å². The van der Waals surface area contributed by atoms with Crippen LogP contribution in [-0.2, 0) is 23.4 Å². The monoisotopic (exact) mass is 628 g/mol. The first kappa shape index (κ1) is 31.2. The largest absolute Gasteiger partial charge is 0.462 e. The number of nitrogens with one attached hydrogen (secondary N) is 1. The Hall–Kier alpha value is -2.70. The summed E-state index contributed by atoms with van der Waals surface area (Å²) in [5.74, 6) is -0.626. The number of aromatic nitrogens is 2. The molecule has 0 spiro atoms. The summed E-state index contributed by atoms with van der Waals surface area (Å²) in [6, 6.07) is 11.4. The number of aliphatic hydroxyl groups is 1. The van der Waals surface area contributed by atoms with Crippen molar-refractivity contribution in [3.05, 3.63) is 64.2 Å². The zero-order chi connectivity index (χ0) is 30.1. The van der Waals surface area contributed by atoms with Gasteiger partial charge < -0.3 is 24.8 Å². The molecule has 0 saturated carbocycles. The van der Waals surface area contributed by atoms with Crippen molar-refractivity contribution >= 4 is 53.5 Å². The first-order valence-electron chi connectivity index (χ1n) is 12.7. The molecule has 6 atom stereocenters. The van der Waals surface area contributed by atoms with Crippen molar-refractivity contribution < 1.29 is 33.0 Å². The number of nitrogen functional groups attached to an aromatic ring is 1. The van der Waals surface area contributed by atoms with Crippen molar-refractivity contribution in [1.82, 2.24) is 14.6 Å². The first-order valence-corrected chi connectivity index (χ1v) is 15.0. The SMILES string of the molecule is CC(C)OC(=O)[C@@H](C)NP(=O)(OC[C@H]1O[C@@H](n2cc(Cl)c(N)nc2=O)[C@](C)(Cl)[C@@H]1O)Oc1cccc2ccccc12. The van der Waals surface area contributed by atoms with Crippen molar-refractivity contribution in [3.63, 3.8) is 0 Å². The van der Waals surface area contributed by atoms with Crippen LogP contribution in [0.1, 0.15) is 33.9 Å². The van der Waals surface area contributed by atoms with Gasteiger partial charge in [-0.05, 0) is 39.1 Å². The maximum absolute atomic E-state index is 14.1. The molecule has 0 aliphatic carbocycles. The molecule has 1 unspecified atom stereocenters. The lowest BCUT2D eigenvalue weighted by molar-refractivity contribution is -0.149. The van der Waals surface area contributed by atoms with E-state index in [0.717, 1.165) is 9.95 Å². The number of ether oxygens (including phenoxy) is 2. The Morgan fingerprint density at radius 3 is 2.66 bits per heavy atom. The fraction of sp³-hybridized carbons (Fsp3) is 0.423. The maximum atomic E-state index is 14.1. The van der Waals surface area contributed by atoms with E-state index in [0.29, 0.717) is 5.39 Å². The van der Waals surface area contributed by atoms with Gasteiger partial charge in [-0.1, -0.05) is 48.0 Å². The number of alkyl halides is 1. The molecule has 2 heterocycles. The van der Waals surface area contributed by atoms with E-state index in [4.69, 9.17) is 47.5 Å². The lowest BCUT2D eigenvalue weighted by Crippen LogP contribution is -2.42. The highest BCUT2D eigenvalue weighted by Crippen LogP contribution is 2.49. The molecule has 0 radical (unpaired) electrons. The van der Waals surface area contributed by atoms with Crippen molar-refractivity contribution in [2.45, 2.75) is 63.2 Å². The van der Waals surface area contributed by atoms with Gasteiger partial charge in [-0.25, -0.2) is 9.36 Å². The summed E-state index contributed by atoms with van der Waals surface area (Å²) in [7, 11) is -4.34. The number of esters is 1. The summed E-state index contributed by atoms with van der Waals surface area (Å²) in [5, 5.41) is 15.1. The van der Waals surface area contributed by atoms with Gasteiger partial charge in [-0.2, -0.15) is 10.1 Å². The van der Waals surface area contributed by atoms with Crippen LogP contribution in [-0.4, -0.2) is 56.5 Å². The summed E-state index contributed by atoms with van der Waals surface area (Å²) in [4.78, 5) is 27.1. The van der Waals surface area contributed by atoms with Gasteiger partial charge in [0.1, 0.15) is 34.7 Å². The average Bonchev–Trinajstić information content (AvgIpc) is 3.13. The van der Waals surface area contributed by atoms with Crippen LogP contribution in [0.25, 0.3) is 10.8 Å². The number of nitrogens with two attached hydrogens (primary N) is 1. The summed E-state index contributed by atoms with van der Waals surface area (Å²) >= 11 is 12.7. The summed E-state index contributed by atoms with van der Waals surface area (Å²) in [5.41, 5.74) is 4.80. The first-order chi connectivity index (χ1) is 19.2. The second-order valence-corrected chi connectivity index (χ2v) is 12.9. The second kappa shape index (κ2) is 12.3. The van der Waals surface area contributed by atoms with Crippen molar-refractivity contribution in [2.75, 3.05) is 12.3 Å². The summed E-state index contributed by atoms with van der Waals surface area (Å²) < 4.78 is 37.9. The average molecular weight is 629 g/mol.